The third-order valence-corrected chi connectivity index (χ3v) is 14.5. The standard InChI is InChI=1S/C34H18N4S2Se2/c1-15-11-25-26(30-29(15)35-39-36-30)14-27(32-31(25)37-40-38-32)28-13-18-4-6-22-20-7-9-23-21(5-3-17-12-16(2)41-33(17)23)19(20)8-10-24(22)34(18)42-28/h3-14H,1-2H3. The van der Waals surface area contributed by atoms with Gasteiger partial charge in [-0.1, -0.05) is 0 Å². The summed E-state index contributed by atoms with van der Waals surface area (Å²) in [6.45, 7) is 4.36. The Kier molecular flexibility index (Phi) is 4.89. The Morgan fingerprint density at radius 2 is 1.00 bits per heavy atom. The third kappa shape index (κ3) is 3.17. The van der Waals surface area contributed by atoms with Gasteiger partial charge in [0.25, 0.3) is 0 Å². The van der Waals surface area contributed by atoms with E-state index in [-0.39, 0.29) is 14.5 Å². The molecule has 198 valence electrons. The van der Waals surface area contributed by atoms with Crippen molar-refractivity contribution in [3.63, 3.8) is 0 Å². The van der Waals surface area contributed by atoms with E-state index in [1.807, 2.05) is 0 Å². The van der Waals surface area contributed by atoms with E-state index in [1.165, 1.54) is 89.5 Å². The first-order chi connectivity index (χ1) is 20.6. The Hall–Kier alpha value is -3.48. The van der Waals surface area contributed by atoms with Gasteiger partial charge in [0.05, 0.1) is 0 Å². The number of hydrogen-bond acceptors (Lipinski definition) is 6. The zero-order valence-corrected chi connectivity index (χ0v) is 27.4. The van der Waals surface area contributed by atoms with Gasteiger partial charge in [0.1, 0.15) is 0 Å². The van der Waals surface area contributed by atoms with Gasteiger partial charge in [-0.3, -0.25) is 0 Å². The molecule has 0 aliphatic carbocycles. The fourth-order valence-electron chi connectivity index (χ4n) is 6.69. The predicted molar refractivity (Wildman–Crippen MR) is 182 cm³/mol. The van der Waals surface area contributed by atoms with Crippen molar-refractivity contribution in [1.29, 1.82) is 0 Å². The van der Waals surface area contributed by atoms with Gasteiger partial charge >= 0.3 is 261 Å². The SMILES string of the molecule is Cc1cc2ccc3c4ccc5c(ccc6cc(-c7cc8c(cc(C)c9nsnc98)c8nsnc78)[se]c65)c4ccc3c2[se]1. The number of fused-ring (bicyclic) bond motifs is 14. The Morgan fingerprint density at radius 3 is 1.74 bits per heavy atom. The van der Waals surface area contributed by atoms with E-state index in [9.17, 15) is 0 Å². The number of nitrogens with zero attached hydrogens (tertiary/aromatic N) is 4. The maximum atomic E-state index is 4.80. The summed E-state index contributed by atoms with van der Waals surface area (Å²) in [5.41, 5.74) is 6.23. The molecule has 0 saturated heterocycles. The summed E-state index contributed by atoms with van der Waals surface area (Å²) >= 11 is 3.14. The van der Waals surface area contributed by atoms with Crippen LogP contribution in [0.5, 0.6) is 0 Å². The molecule has 0 saturated carbocycles. The first kappa shape index (κ1) is 24.0. The molecule has 0 amide bonds. The molecule has 0 N–H and O–H groups in total. The molecule has 6 aromatic carbocycles. The van der Waals surface area contributed by atoms with Crippen LogP contribution in [0.3, 0.4) is 0 Å². The van der Waals surface area contributed by atoms with E-state index in [2.05, 4.69) is 95.4 Å². The average molecular weight is 705 g/mol. The third-order valence-electron chi connectivity index (χ3n) is 8.60. The van der Waals surface area contributed by atoms with E-state index >= 15 is 0 Å². The van der Waals surface area contributed by atoms with Crippen molar-refractivity contribution >= 4 is 137 Å². The summed E-state index contributed by atoms with van der Waals surface area (Å²) in [7, 11) is 0. The number of benzene rings is 6. The molecule has 4 aromatic heterocycles. The topological polar surface area (TPSA) is 51.6 Å². The normalized spacial score (nSPS) is 12.5. The fraction of sp³-hybridized carbons (Fsp3) is 0.0588. The van der Waals surface area contributed by atoms with Crippen molar-refractivity contribution in [2.24, 2.45) is 0 Å². The van der Waals surface area contributed by atoms with Gasteiger partial charge in [-0.15, -0.1) is 0 Å². The zero-order chi connectivity index (χ0) is 27.7. The van der Waals surface area contributed by atoms with Crippen molar-refractivity contribution in [2.75, 3.05) is 0 Å². The van der Waals surface area contributed by atoms with Crippen LogP contribution >= 0.6 is 23.5 Å². The van der Waals surface area contributed by atoms with Crippen LogP contribution < -0.4 is 0 Å². The van der Waals surface area contributed by atoms with E-state index in [0.29, 0.717) is 14.5 Å². The molecular formula is C34H18N4S2Se2. The summed E-state index contributed by atoms with van der Waals surface area (Å²) in [6.07, 6.45) is 0. The molecule has 0 bridgehead atoms. The van der Waals surface area contributed by atoms with Crippen LogP contribution in [0.1, 0.15) is 10.0 Å². The van der Waals surface area contributed by atoms with Crippen molar-refractivity contribution < 1.29 is 0 Å². The first-order valence-electron chi connectivity index (χ1n) is 13.6. The molecule has 42 heavy (non-hydrogen) atoms. The fourth-order valence-corrected chi connectivity index (χ4v) is 12.6. The van der Waals surface area contributed by atoms with Gasteiger partial charge in [-0.2, -0.15) is 0 Å². The van der Waals surface area contributed by atoms with Crippen molar-refractivity contribution in [3.05, 3.63) is 82.8 Å². The molecule has 10 rings (SSSR count). The second-order valence-corrected chi connectivity index (χ2v) is 16.9. The van der Waals surface area contributed by atoms with Crippen LogP contribution in [0.15, 0.2) is 72.8 Å². The molecular weight excluding hydrogens is 686 g/mol. The number of aromatic nitrogens is 4. The Labute approximate surface area is 259 Å². The molecule has 0 atom stereocenters. The van der Waals surface area contributed by atoms with E-state index in [1.54, 1.807) is 0 Å². The summed E-state index contributed by atoms with van der Waals surface area (Å²) < 4.78 is 24.7. The second kappa shape index (κ2) is 8.55. The maximum absolute atomic E-state index is 4.80. The van der Waals surface area contributed by atoms with Crippen molar-refractivity contribution in [3.8, 4) is 10.0 Å². The molecule has 0 fully saturated rings. The molecule has 0 aliphatic rings. The Bertz CT molecular complexity index is 2780. The van der Waals surface area contributed by atoms with E-state index < -0.39 is 0 Å². The molecule has 0 radical (unpaired) electrons. The van der Waals surface area contributed by atoms with Crippen LogP contribution in [0.2, 0.25) is 0 Å². The van der Waals surface area contributed by atoms with Gasteiger partial charge in [-0.25, -0.2) is 0 Å². The number of hydrogen-bond donors (Lipinski definition) is 0. The molecule has 0 unspecified atom stereocenters. The minimum atomic E-state index is 0.139. The molecule has 10 aromatic rings. The average Bonchev–Trinajstić information content (AvgIpc) is 3.81. The first-order valence-corrected chi connectivity index (χ1v) is 18.5. The summed E-state index contributed by atoms with van der Waals surface area (Å²) in [6, 6.07) is 28.0. The molecule has 0 aliphatic heterocycles. The molecule has 4 nitrogen and oxygen atoms in total. The van der Waals surface area contributed by atoms with Crippen LogP contribution in [0.4, 0.5) is 0 Å². The van der Waals surface area contributed by atoms with Crippen molar-refractivity contribution in [2.45, 2.75) is 13.8 Å². The molecule has 0 spiro atoms. The van der Waals surface area contributed by atoms with Crippen LogP contribution in [-0.4, -0.2) is 46.5 Å². The van der Waals surface area contributed by atoms with Gasteiger partial charge < -0.3 is 0 Å². The molecule has 8 heteroatoms. The van der Waals surface area contributed by atoms with Gasteiger partial charge in [0, 0.05) is 0 Å². The quantitative estimate of drug-likeness (QED) is 0.127. The van der Waals surface area contributed by atoms with Gasteiger partial charge in [-0.05, 0) is 0 Å². The van der Waals surface area contributed by atoms with Crippen molar-refractivity contribution in [1.82, 2.24) is 17.5 Å². The van der Waals surface area contributed by atoms with E-state index in [4.69, 9.17) is 8.75 Å². The summed E-state index contributed by atoms with van der Waals surface area (Å²) in [5, 5.41) is 13.1. The summed E-state index contributed by atoms with van der Waals surface area (Å²) in [4.78, 5) is 0. The van der Waals surface area contributed by atoms with Crippen LogP contribution in [0.25, 0.3) is 94.5 Å². The van der Waals surface area contributed by atoms with Gasteiger partial charge in [0.2, 0.25) is 0 Å². The summed E-state index contributed by atoms with van der Waals surface area (Å²) in [5.74, 6) is 0. The minimum absolute atomic E-state index is 0.139. The zero-order valence-electron chi connectivity index (χ0n) is 22.4. The van der Waals surface area contributed by atoms with Gasteiger partial charge in [0.15, 0.2) is 0 Å². The second-order valence-electron chi connectivity index (χ2n) is 11.0. The number of aryl methyl sites for hydroxylation is 2. The van der Waals surface area contributed by atoms with E-state index in [0.717, 1.165) is 38.4 Å². The number of rotatable bonds is 1. The van der Waals surface area contributed by atoms with Crippen LogP contribution in [0, 0.1) is 13.8 Å². The predicted octanol–water partition coefficient (Wildman–Crippen LogP) is 9.01. The molecule has 4 heterocycles. The monoisotopic (exact) mass is 706 g/mol. The van der Waals surface area contributed by atoms with Crippen LogP contribution in [-0.2, 0) is 0 Å². The Morgan fingerprint density at radius 1 is 0.476 bits per heavy atom. The Balaban J connectivity index is 1.24.